The van der Waals surface area contributed by atoms with E-state index in [4.69, 9.17) is 4.74 Å². The van der Waals surface area contributed by atoms with Gasteiger partial charge in [-0.3, -0.25) is 4.79 Å². The lowest BCUT2D eigenvalue weighted by molar-refractivity contribution is -0.123. The zero-order valence-electron chi connectivity index (χ0n) is 17.0. The predicted octanol–water partition coefficient (Wildman–Crippen LogP) is 3.54. The Balaban J connectivity index is 1.75. The maximum Gasteiger partial charge on any atom is 0.248 e. The lowest BCUT2D eigenvalue weighted by Gasteiger charge is -2.12. The van der Waals surface area contributed by atoms with E-state index in [9.17, 15) is 9.90 Å². The van der Waals surface area contributed by atoms with Crippen molar-refractivity contribution in [2.45, 2.75) is 26.0 Å². The Bertz CT molecular complexity index is 938. The zero-order chi connectivity index (χ0) is 21.0. The van der Waals surface area contributed by atoms with Crippen LogP contribution >= 0.6 is 0 Å². The van der Waals surface area contributed by atoms with Crippen LogP contribution in [-0.2, 0) is 9.53 Å². The van der Waals surface area contributed by atoms with Crippen LogP contribution in [-0.4, -0.2) is 49.7 Å². The standard InChI is InChI=1S/C21H25N5O3/c1-5-22-20(28)19-13(2)29-21(23-19)17-11-8-15(12-18(17)27)25-24-14-6-9-16(10-7-14)26(3)4/h6-13,19,27H,5H2,1-4H3,(H,22,28)/b25-24+/t13-,19?/m0/s1. The maximum absolute atomic E-state index is 12.1. The number of anilines is 1. The maximum atomic E-state index is 12.1. The lowest BCUT2D eigenvalue weighted by Crippen LogP contribution is -2.38. The van der Waals surface area contributed by atoms with Crippen LogP contribution in [0.2, 0.25) is 0 Å². The molecular weight excluding hydrogens is 370 g/mol. The molecule has 2 atom stereocenters. The summed E-state index contributed by atoms with van der Waals surface area (Å²) in [6, 6.07) is 11.9. The molecule has 0 spiro atoms. The number of rotatable bonds is 6. The minimum absolute atomic E-state index is 0.0353. The Morgan fingerprint density at radius 3 is 2.45 bits per heavy atom. The fraction of sp³-hybridized carbons (Fsp3) is 0.333. The predicted molar refractivity (Wildman–Crippen MR) is 113 cm³/mol. The van der Waals surface area contributed by atoms with E-state index in [0.29, 0.717) is 23.5 Å². The number of aromatic hydroxyl groups is 1. The number of phenols is 1. The minimum Gasteiger partial charge on any atom is -0.507 e. The molecule has 1 aliphatic rings. The van der Waals surface area contributed by atoms with Gasteiger partial charge in [0.15, 0.2) is 6.04 Å². The van der Waals surface area contributed by atoms with Crippen molar-refractivity contribution in [3.63, 3.8) is 0 Å². The van der Waals surface area contributed by atoms with Gasteiger partial charge < -0.3 is 20.1 Å². The number of amides is 1. The third kappa shape index (κ3) is 4.71. The largest absolute Gasteiger partial charge is 0.507 e. The monoisotopic (exact) mass is 395 g/mol. The average Bonchev–Trinajstić information content (AvgIpc) is 3.08. The molecule has 152 valence electrons. The Hall–Kier alpha value is -3.42. The van der Waals surface area contributed by atoms with Gasteiger partial charge in [-0.05, 0) is 50.2 Å². The summed E-state index contributed by atoms with van der Waals surface area (Å²) >= 11 is 0. The van der Waals surface area contributed by atoms with Crippen molar-refractivity contribution in [2.24, 2.45) is 15.2 Å². The first kappa shape index (κ1) is 20.3. The van der Waals surface area contributed by atoms with Crippen LogP contribution in [0.1, 0.15) is 19.4 Å². The van der Waals surface area contributed by atoms with Gasteiger partial charge in [0.05, 0.1) is 16.9 Å². The van der Waals surface area contributed by atoms with E-state index < -0.39 is 12.1 Å². The molecule has 1 aliphatic heterocycles. The molecule has 3 rings (SSSR count). The molecule has 0 radical (unpaired) electrons. The Morgan fingerprint density at radius 1 is 1.17 bits per heavy atom. The number of phenolic OH excluding ortho intramolecular Hbond substituents is 1. The molecule has 2 aromatic rings. The number of benzene rings is 2. The zero-order valence-corrected chi connectivity index (χ0v) is 17.0. The van der Waals surface area contributed by atoms with Crippen LogP contribution in [0.3, 0.4) is 0 Å². The smallest absolute Gasteiger partial charge is 0.248 e. The first-order valence-electron chi connectivity index (χ1n) is 9.43. The van der Waals surface area contributed by atoms with Crippen molar-refractivity contribution in [3.05, 3.63) is 48.0 Å². The molecule has 2 aromatic carbocycles. The van der Waals surface area contributed by atoms with Gasteiger partial charge in [-0.25, -0.2) is 4.99 Å². The van der Waals surface area contributed by atoms with Crippen LogP contribution < -0.4 is 10.2 Å². The number of carbonyl (C=O) groups excluding carboxylic acids is 1. The number of carbonyl (C=O) groups is 1. The first-order valence-corrected chi connectivity index (χ1v) is 9.43. The molecule has 8 heteroatoms. The SMILES string of the molecule is CCNC(=O)C1N=C(c2ccc(/N=N/c3ccc(N(C)C)cc3)cc2O)O[C@H]1C. The van der Waals surface area contributed by atoms with E-state index in [1.165, 1.54) is 6.07 Å². The van der Waals surface area contributed by atoms with Crippen LogP contribution in [0.4, 0.5) is 17.1 Å². The molecule has 1 amide bonds. The number of likely N-dealkylation sites (N-methyl/N-ethyl adjacent to an activating group) is 1. The van der Waals surface area contributed by atoms with E-state index in [1.54, 1.807) is 19.1 Å². The van der Waals surface area contributed by atoms with Crippen molar-refractivity contribution >= 4 is 28.9 Å². The van der Waals surface area contributed by atoms with Crippen LogP contribution in [0.5, 0.6) is 5.75 Å². The first-order chi connectivity index (χ1) is 13.9. The molecule has 29 heavy (non-hydrogen) atoms. The van der Waals surface area contributed by atoms with Gasteiger partial charge in [-0.15, -0.1) is 0 Å². The van der Waals surface area contributed by atoms with Gasteiger partial charge in [0.1, 0.15) is 11.9 Å². The second kappa shape index (κ2) is 8.72. The normalized spacial score (nSPS) is 18.4. The summed E-state index contributed by atoms with van der Waals surface area (Å²) in [5.74, 6) is 0.0149. The highest BCUT2D eigenvalue weighted by atomic mass is 16.5. The highest BCUT2D eigenvalue weighted by Crippen LogP contribution is 2.29. The van der Waals surface area contributed by atoms with Crippen molar-refractivity contribution in [1.29, 1.82) is 0 Å². The Kier molecular flexibility index (Phi) is 6.11. The van der Waals surface area contributed by atoms with E-state index in [0.717, 1.165) is 5.69 Å². The molecule has 1 heterocycles. The molecule has 2 N–H and O–H groups in total. The van der Waals surface area contributed by atoms with E-state index in [1.807, 2.05) is 50.2 Å². The molecule has 0 fully saturated rings. The molecule has 0 saturated carbocycles. The Morgan fingerprint density at radius 2 is 1.83 bits per heavy atom. The van der Waals surface area contributed by atoms with Crippen molar-refractivity contribution < 1.29 is 14.6 Å². The minimum atomic E-state index is -0.631. The third-order valence-electron chi connectivity index (χ3n) is 4.48. The molecule has 0 aliphatic carbocycles. The summed E-state index contributed by atoms with van der Waals surface area (Å²) in [5, 5.41) is 21.5. The summed E-state index contributed by atoms with van der Waals surface area (Å²) in [6.07, 6.45) is -0.402. The van der Waals surface area contributed by atoms with Gasteiger partial charge in [0.2, 0.25) is 11.8 Å². The van der Waals surface area contributed by atoms with Crippen LogP contribution in [0, 0.1) is 0 Å². The highest BCUT2D eigenvalue weighted by Gasteiger charge is 2.34. The summed E-state index contributed by atoms with van der Waals surface area (Å²) in [6.45, 7) is 4.14. The lowest BCUT2D eigenvalue weighted by atomic mass is 10.2. The second-order valence-electron chi connectivity index (χ2n) is 6.91. The molecule has 0 aromatic heterocycles. The molecule has 1 unspecified atom stereocenters. The molecule has 8 nitrogen and oxygen atoms in total. The fourth-order valence-corrected chi connectivity index (χ4v) is 2.88. The van der Waals surface area contributed by atoms with Crippen LogP contribution in [0.15, 0.2) is 57.7 Å². The number of azo groups is 1. The van der Waals surface area contributed by atoms with Gasteiger partial charge in [0, 0.05) is 32.4 Å². The number of ether oxygens (including phenoxy) is 1. The van der Waals surface area contributed by atoms with Crippen molar-refractivity contribution in [3.8, 4) is 5.75 Å². The van der Waals surface area contributed by atoms with Gasteiger partial charge in [0.25, 0.3) is 0 Å². The Labute approximate surface area is 169 Å². The topological polar surface area (TPSA) is 98.9 Å². The fourth-order valence-electron chi connectivity index (χ4n) is 2.88. The number of aliphatic imine (C=N–C) groups is 1. The third-order valence-corrected chi connectivity index (χ3v) is 4.48. The molecular formula is C21H25N5O3. The van der Waals surface area contributed by atoms with E-state index >= 15 is 0 Å². The van der Waals surface area contributed by atoms with E-state index in [-0.39, 0.29) is 17.6 Å². The average molecular weight is 395 g/mol. The van der Waals surface area contributed by atoms with E-state index in [2.05, 4.69) is 20.5 Å². The number of nitrogens with zero attached hydrogens (tertiary/aromatic N) is 4. The number of nitrogens with one attached hydrogen (secondary N) is 1. The second-order valence-corrected chi connectivity index (χ2v) is 6.91. The summed E-state index contributed by atoms with van der Waals surface area (Å²) < 4.78 is 5.68. The number of hydrogen-bond donors (Lipinski definition) is 2. The summed E-state index contributed by atoms with van der Waals surface area (Å²) in [7, 11) is 3.94. The van der Waals surface area contributed by atoms with Gasteiger partial charge >= 0.3 is 0 Å². The van der Waals surface area contributed by atoms with Crippen molar-refractivity contribution in [2.75, 3.05) is 25.5 Å². The van der Waals surface area contributed by atoms with Gasteiger partial charge in [-0.2, -0.15) is 10.2 Å². The van der Waals surface area contributed by atoms with Crippen LogP contribution in [0.25, 0.3) is 0 Å². The molecule has 0 bridgehead atoms. The summed E-state index contributed by atoms with van der Waals surface area (Å²) in [5.41, 5.74) is 2.69. The quantitative estimate of drug-likeness (QED) is 0.731. The summed E-state index contributed by atoms with van der Waals surface area (Å²) in [4.78, 5) is 18.4. The van der Waals surface area contributed by atoms with Gasteiger partial charge in [-0.1, -0.05) is 0 Å². The number of hydrogen-bond acceptors (Lipinski definition) is 7. The van der Waals surface area contributed by atoms with Crippen molar-refractivity contribution in [1.82, 2.24) is 5.32 Å². The molecule has 0 saturated heterocycles. The highest BCUT2D eigenvalue weighted by molar-refractivity contribution is 6.01.